The van der Waals surface area contributed by atoms with Gasteiger partial charge in [0.1, 0.15) is 23.7 Å². The Hall–Kier alpha value is -3.43. The van der Waals surface area contributed by atoms with Crippen LogP contribution in [0.15, 0.2) is 59.0 Å². The number of ether oxygens (including phenoxy) is 1. The second kappa shape index (κ2) is 7.77. The molecule has 0 bridgehead atoms. The van der Waals surface area contributed by atoms with Gasteiger partial charge in [-0.1, -0.05) is 18.2 Å². The summed E-state index contributed by atoms with van der Waals surface area (Å²) < 4.78 is 85.6. The third-order valence-corrected chi connectivity index (χ3v) is 4.07. The zero-order chi connectivity index (χ0) is 22.1. The van der Waals surface area contributed by atoms with Crippen molar-refractivity contribution in [3.8, 4) is 16.9 Å². The van der Waals surface area contributed by atoms with Gasteiger partial charge in [-0.3, -0.25) is 0 Å². The maximum absolute atomic E-state index is 12.7. The quantitative estimate of drug-likeness (QED) is 0.486. The highest BCUT2D eigenvalue weighted by atomic mass is 19.4. The molecule has 3 aromatic rings. The standard InChI is InChI=1S/C20H12F6O4/c21-19(22,23)13-4-1-11(2-5-13)12-3-7-16(15(9-12)18(27)28)29-10-14-6-8-17(30-14)20(24,25)26/h1-9H,10H2,(H,27,28). The number of halogens is 6. The predicted molar refractivity (Wildman–Crippen MR) is 91.9 cm³/mol. The molecule has 0 spiro atoms. The average molecular weight is 430 g/mol. The van der Waals surface area contributed by atoms with Crippen molar-refractivity contribution in [3.05, 3.63) is 77.2 Å². The van der Waals surface area contributed by atoms with E-state index in [9.17, 15) is 36.2 Å². The highest BCUT2D eigenvalue weighted by Crippen LogP contribution is 2.33. The predicted octanol–water partition coefficient (Wildman–Crippen LogP) is 6.26. The van der Waals surface area contributed by atoms with Gasteiger partial charge in [0.2, 0.25) is 5.76 Å². The Kier molecular flexibility index (Phi) is 5.51. The van der Waals surface area contributed by atoms with Crippen LogP contribution in [0.1, 0.15) is 27.4 Å². The molecule has 0 aliphatic carbocycles. The van der Waals surface area contributed by atoms with E-state index >= 15 is 0 Å². The third-order valence-electron chi connectivity index (χ3n) is 4.07. The summed E-state index contributed by atoms with van der Waals surface area (Å²) in [6, 6.07) is 9.81. The molecular formula is C20H12F6O4. The molecule has 3 rings (SSSR count). The van der Waals surface area contributed by atoms with Crippen LogP contribution in [0.25, 0.3) is 11.1 Å². The number of hydrogen-bond donors (Lipinski definition) is 1. The molecule has 0 fully saturated rings. The molecule has 0 saturated heterocycles. The number of furan rings is 1. The number of aromatic carboxylic acids is 1. The zero-order valence-corrected chi connectivity index (χ0v) is 14.8. The molecule has 10 heteroatoms. The summed E-state index contributed by atoms with van der Waals surface area (Å²) in [4.78, 5) is 11.5. The van der Waals surface area contributed by atoms with Crippen LogP contribution in [-0.2, 0) is 19.0 Å². The van der Waals surface area contributed by atoms with E-state index < -0.39 is 36.3 Å². The average Bonchev–Trinajstić information content (AvgIpc) is 3.15. The summed E-state index contributed by atoms with van der Waals surface area (Å²) in [5.74, 6) is -2.89. The van der Waals surface area contributed by atoms with E-state index in [1.807, 2.05) is 0 Å². The number of benzene rings is 2. The van der Waals surface area contributed by atoms with E-state index in [0.717, 1.165) is 24.3 Å². The van der Waals surface area contributed by atoms with Gasteiger partial charge in [-0.05, 0) is 47.5 Å². The van der Waals surface area contributed by atoms with Crippen LogP contribution in [0.3, 0.4) is 0 Å². The van der Waals surface area contributed by atoms with Gasteiger partial charge in [0.15, 0.2) is 0 Å². The van der Waals surface area contributed by atoms with Crippen LogP contribution < -0.4 is 4.74 Å². The Balaban J connectivity index is 1.82. The molecule has 0 aliphatic heterocycles. The van der Waals surface area contributed by atoms with Crippen molar-refractivity contribution in [2.75, 3.05) is 0 Å². The summed E-state index contributed by atoms with van der Waals surface area (Å²) >= 11 is 0. The van der Waals surface area contributed by atoms with Gasteiger partial charge in [0, 0.05) is 0 Å². The topological polar surface area (TPSA) is 59.7 Å². The van der Waals surface area contributed by atoms with Crippen molar-refractivity contribution >= 4 is 5.97 Å². The van der Waals surface area contributed by atoms with Gasteiger partial charge in [-0.2, -0.15) is 26.3 Å². The Bertz CT molecular complexity index is 1050. The fraction of sp³-hybridized carbons (Fsp3) is 0.150. The van der Waals surface area contributed by atoms with E-state index in [4.69, 9.17) is 4.74 Å². The van der Waals surface area contributed by atoms with E-state index in [0.29, 0.717) is 11.1 Å². The first kappa shape index (κ1) is 21.3. The van der Waals surface area contributed by atoms with Gasteiger partial charge in [-0.15, -0.1) is 0 Å². The molecule has 2 aromatic carbocycles. The van der Waals surface area contributed by atoms with Gasteiger partial charge in [0.05, 0.1) is 5.56 Å². The number of rotatable bonds is 5. The number of carboxylic acid groups (broad SMARTS) is 1. The molecule has 1 heterocycles. The fourth-order valence-electron chi connectivity index (χ4n) is 2.61. The largest absolute Gasteiger partial charge is 0.485 e. The lowest BCUT2D eigenvalue weighted by Gasteiger charge is -2.11. The van der Waals surface area contributed by atoms with Crippen LogP contribution >= 0.6 is 0 Å². The summed E-state index contributed by atoms with van der Waals surface area (Å²) in [6.07, 6.45) is -9.16. The molecule has 30 heavy (non-hydrogen) atoms. The van der Waals surface area contributed by atoms with Crippen molar-refractivity contribution in [2.24, 2.45) is 0 Å². The maximum Gasteiger partial charge on any atom is 0.449 e. The minimum atomic E-state index is -4.66. The number of hydrogen-bond acceptors (Lipinski definition) is 3. The Morgan fingerprint density at radius 2 is 1.50 bits per heavy atom. The van der Waals surface area contributed by atoms with E-state index in [2.05, 4.69) is 4.42 Å². The first-order valence-electron chi connectivity index (χ1n) is 8.29. The second-order valence-electron chi connectivity index (χ2n) is 6.14. The summed E-state index contributed by atoms with van der Waals surface area (Å²) in [5, 5.41) is 9.39. The Labute approximate surface area is 165 Å². The van der Waals surface area contributed by atoms with Crippen LogP contribution in [0.2, 0.25) is 0 Å². The van der Waals surface area contributed by atoms with Gasteiger partial charge < -0.3 is 14.3 Å². The molecule has 0 atom stereocenters. The fourth-order valence-corrected chi connectivity index (χ4v) is 2.61. The lowest BCUT2D eigenvalue weighted by Crippen LogP contribution is -2.05. The van der Waals surface area contributed by atoms with Gasteiger partial charge >= 0.3 is 18.3 Å². The molecular weight excluding hydrogens is 418 g/mol. The maximum atomic E-state index is 12.7. The SMILES string of the molecule is O=C(O)c1cc(-c2ccc(C(F)(F)F)cc2)ccc1OCc1ccc(C(F)(F)F)o1. The first-order chi connectivity index (χ1) is 13.9. The Morgan fingerprint density at radius 1 is 0.867 bits per heavy atom. The summed E-state index contributed by atoms with van der Waals surface area (Å²) in [6.45, 7) is -0.448. The molecule has 4 nitrogen and oxygen atoms in total. The summed E-state index contributed by atoms with van der Waals surface area (Å²) in [5.41, 5.74) is -0.486. The molecule has 0 unspecified atom stereocenters. The number of alkyl halides is 6. The van der Waals surface area contributed by atoms with E-state index in [1.54, 1.807) is 0 Å². The summed E-state index contributed by atoms with van der Waals surface area (Å²) in [7, 11) is 0. The highest BCUT2D eigenvalue weighted by molar-refractivity contribution is 5.92. The molecule has 0 amide bonds. The third kappa shape index (κ3) is 4.76. The molecule has 1 aromatic heterocycles. The van der Waals surface area contributed by atoms with Crippen molar-refractivity contribution < 1.29 is 45.4 Å². The molecule has 0 radical (unpaired) electrons. The minimum Gasteiger partial charge on any atom is -0.485 e. The molecule has 1 N–H and O–H groups in total. The normalized spacial score (nSPS) is 12.1. The highest BCUT2D eigenvalue weighted by Gasteiger charge is 2.34. The zero-order valence-electron chi connectivity index (χ0n) is 14.8. The van der Waals surface area contributed by atoms with Crippen LogP contribution in [0, 0.1) is 0 Å². The smallest absolute Gasteiger partial charge is 0.449 e. The van der Waals surface area contributed by atoms with Gasteiger partial charge in [0.25, 0.3) is 0 Å². The monoisotopic (exact) mass is 430 g/mol. The van der Waals surface area contributed by atoms with Crippen LogP contribution in [0.5, 0.6) is 5.75 Å². The lowest BCUT2D eigenvalue weighted by atomic mass is 10.0. The molecule has 0 aliphatic rings. The number of carbonyl (C=O) groups is 1. The second-order valence-corrected chi connectivity index (χ2v) is 6.14. The van der Waals surface area contributed by atoms with Crippen molar-refractivity contribution in [2.45, 2.75) is 19.0 Å². The van der Waals surface area contributed by atoms with E-state index in [-0.39, 0.29) is 17.1 Å². The lowest BCUT2D eigenvalue weighted by molar-refractivity contribution is -0.153. The molecule has 158 valence electrons. The van der Waals surface area contributed by atoms with Crippen molar-refractivity contribution in [1.82, 2.24) is 0 Å². The van der Waals surface area contributed by atoms with E-state index in [1.165, 1.54) is 30.3 Å². The van der Waals surface area contributed by atoms with Gasteiger partial charge in [-0.25, -0.2) is 4.79 Å². The first-order valence-corrected chi connectivity index (χ1v) is 8.29. The Morgan fingerprint density at radius 3 is 2.03 bits per heavy atom. The molecule has 0 saturated carbocycles. The van der Waals surface area contributed by atoms with Crippen molar-refractivity contribution in [3.63, 3.8) is 0 Å². The number of carboxylic acids is 1. The van der Waals surface area contributed by atoms with Crippen LogP contribution in [-0.4, -0.2) is 11.1 Å². The van der Waals surface area contributed by atoms with Crippen LogP contribution in [0.4, 0.5) is 26.3 Å². The minimum absolute atomic E-state index is 0.136. The van der Waals surface area contributed by atoms with Crippen molar-refractivity contribution in [1.29, 1.82) is 0 Å².